The normalized spacial score (nSPS) is 14.0. The van der Waals surface area contributed by atoms with Gasteiger partial charge in [0.05, 0.1) is 18.7 Å². The molecule has 1 amide bonds. The molecule has 2 heterocycles. The van der Waals surface area contributed by atoms with Crippen LogP contribution < -0.4 is 0 Å². The zero-order chi connectivity index (χ0) is 17.5. The highest BCUT2D eigenvalue weighted by molar-refractivity contribution is 5.79. The van der Waals surface area contributed by atoms with Gasteiger partial charge in [-0.3, -0.25) is 4.79 Å². The number of rotatable bonds is 2. The number of carbonyl (C=O) groups excluding carboxylic acids is 1. The summed E-state index contributed by atoms with van der Waals surface area (Å²) in [6.07, 6.45) is 2.11. The van der Waals surface area contributed by atoms with Crippen molar-refractivity contribution in [3.05, 3.63) is 58.4 Å². The summed E-state index contributed by atoms with van der Waals surface area (Å²) in [5.41, 5.74) is 3.48. The molecule has 0 atom stereocenters. The van der Waals surface area contributed by atoms with E-state index in [4.69, 9.17) is 0 Å². The predicted octanol–water partition coefficient (Wildman–Crippen LogP) is 3.31. The minimum absolute atomic E-state index is 0.0278. The third kappa shape index (κ3) is 3.30. The summed E-state index contributed by atoms with van der Waals surface area (Å²) in [7, 11) is 0. The number of aromatic nitrogens is 2. The summed E-state index contributed by atoms with van der Waals surface area (Å²) in [6.45, 7) is 9.10. The summed E-state index contributed by atoms with van der Waals surface area (Å²) in [4.78, 5) is 23.4. The summed E-state index contributed by atoms with van der Waals surface area (Å²) >= 11 is 0. The van der Waals surface area contributed by atoms with Crippen molar-refractivity contribution in [2.24, 2.45) is 0 Å². The Morgan fingerprint density at radius 2 is 2.04 bits per heavy atom. The number of benzene rings is 1. The molecule has 1 aromatic heterocycles. The van der Waals surface area contributed by atoms with E-state index >= 15 is 0 Å². The Balaban J connectivity index is 1.74. The van der Waals surface area contributed by atoms with Gasteiger partial charge in [-0.05, 0) is 30.2 Å². The SMILES string of the molecule is Cc1cc(F)ccc1CC(=O)N1Cc2cnc(C(C)(C)C)nc2C1. The van der Waals surface area contributed by atoms with Crippen molar-refractivity contribution >= 4 is 5.91 Å². The Kier molecular flexibility index (Phi) is 4.11. The van der Waals surface area contributed by atoms with Gasteiger partial charge in [-0.2, -0.15) is 0 Å². The molecule has 0 radical (unpaired) electrons. The molecule has 0 N–H and O–H groups in total. The van der Waals surface area contributed by atoms with Crippen molar-refractivity contribution in [2.75, 3.05) is 0 Å². The third-order valence-corrected chi connectivity index (χ3v) is 4.33. The first-order valence-corrected chi connectivity index (χ1v) is 8.12. The molecule has 1 aromatic carbocycles. The van der Waals surface area contributed by atoms with E-state index in [-0.39, 0.29) is 23.6 Å². The number of aryl methyl sites for hydroxylation is 1. The number of halogens is 1. The second-order valence-electron chi connectivity index (χ2n) is 7.41. The quantitative estimate of drug-likeness (QED) is 0.850. The number of amides is 1. The topological polar surface area (TPSA) is 46.1 Å². The molecule has 0 saturated carbocycles. The van der Waals surface area contributed by atoms with E-state index < -0.39 is 0 Å². The van der Waals surface area contributed by atoms with Crippen molar-refractivity contribution in [2.45, 2.75) is 52.6 Å². The molecule has 126 valence electrons. The van der Waals surface area contributed by atoms with E-state index in [2.05, 4.69) is 30.7 Å². The Morgan fingerprint density at radius 1 is 1.29 bits per heavy atom. The van der Waals surface area contributed by atoms with Crippen LogP contribution in [0.25, 0.3) is 0 Å². The summed E-state index contributed by atoms with van der Waals surface area (Å²) in [5, 5.41) is 0. The summed E-state index contributed by atoms with van der Waals surface area (Å²) in [6, 6.07) is 4.54. The van der Waals surface area contributed by atoms with E-state index in [1.54, 1.807) is 11.0 Å². The number of fused-ring (bicyclic) bond motifs is 1. The largest absolute Gasteiger partial charge is 0.332 e. The molecule has 0 spiro atoms. The van der Waals surface area contributed by atoms with Crippen LogP contribution in [0.3, 0.4) is 0 Å². The standard InChI is InChI=1S/C19H22FN3O/c1-12-7-15(20)6-5-13(12)8-17(24)23-10-14-9-21-18(19(2,3)4)22-16(14)11-23/h5-7,9H,8,10-11H2,1-4H3. The van der Waals surface area contributed by atoms with E-state index in [0.29, 0.717) is 13.1 Å². The van der Waals surface area contributed by atoms with E-state index in [9.17, 15) is 9.18 Å². The molecular formula is C19H22FN3O. The van der Waals surface area contributed by atoms with Crippen LogP contribution in [0, 0.1) is 12.7 Å². The van der Waals surface area contributed by atoms with Crippen molar-refractivity contribution in [3.63, 3.8) is 0 Å². The molecule has 0 fully saturated rings. The minimum atomic E-state index is -0.276. The maximum atomic E-state index is 13.2. The molecule has 4 nitrogen and oxygen atoms in total. The highest BCUT2D eigenvalue weighted by Gasteiger charge is 2.27. The Morgan fingerprint density at radius 3 is 2.71 bits per heavy atom. The molecule has 5 heteroatoms. The molecular weight excluding hydrogens is 305 g/mol. The van der Waals surface area contributed by atoms with Gasteiger partial charge in [-0.1, -0.05) is 26.8 Å². The van der Waals surface area contributed by atoms with Gasteiger partial charge in [-0.15, -0.1) is 0 Å². The van der Waals surface area contributed by atoms with Crippen LogP contribution >= 0.6 is 0 Å². The first-order chi connectivity index (χ1) is 11.2. The van der Waals surface area contributed by atoms with Crippen LogP contribution in [0.15, 0.2) is 24.4 Å². The van der Waals surface area contributed by atoms with Crippen molar-refractivity contribution in [1.29, 1.82) is 0 Å². The molecule has 0 bridgehead atoms. The maximum Gasteiger partial charge on any atom is 0.227 e. The molecule has 0 aliphatic carbocycles. The fourth-order valence-corrected chi connectivity index (χ4v) is 2.82. The van der Waals surface area contributed by atoms with E-state index in [0.717, 1.165) is 28.2 Å². The second-order valence-corrected chi connectivity index (χ2v) is 7.41. The lowest BCUT2D eigenvalue weighted by Gasteiger charge is -2.17. The number of hydrogen-bond acceptors (Lipinski definition) is 3. The van der Waals surface area contributed by atoms with Gasteiger partial charge in [0, 0.05) is 23.7 Å². The van der Waals surface area contributed by atoms with Gasteiger partial charge in [0.1, 0.15) is 11.6 Å². The van der Waals surface area contributed by atoms with Gasteiger partial charge >= 0.3 is 0 Å². The molecule has 0 unspecified atom stereocenters. The zero-order valence-corrected chi connectivity index (χ0v) is 14.6. The van der Waals surface area contributed by atoms with Crippen molar-refractivity contribution in [3.8, 4) is 0 Å². The average molecular weight is 327 g/mol. The number of hydrogen-bond donors (Lipinski definition) is 0. The van der Waals surface area contributed by atoms with Gasteiger partial charge in [-0.25, -0.2) is 14.4 Å². The van der Waals surface area contributed by atoms with Gasteiger partial charge in [0.2, 0.25) is 5.91 Å². The predicted molar refractivity (Wildman–Crippen MR) is 89.8 cm³/mol. The second kappa shape index (κ2) is 5.96. The van der Waals surface area contributed by atoms with Crippen LogP contribution in [0.1, 0.15) is 49.0 Å². The van der Waals surface area contributed by atoms with Gasteiger partial charge < -0.3 is 4.90 Å². The molecule has 1 aliphatic heterocycles. The average Bonchev–Trinajstić information content (AvgIpc) is 2.92. The third-order valence-electron chi connectivity index (χ3n) is 4.33. The molecule has 1 aliphatic rings. The fraction of sp³-hybridized carbons (Fsp3) is 0.421. The highest BCUT2D eigenvalue weighted by Crippen LogP contribution is 2.25. The van der Waals surface area contributed by atoms with Gasteiger partial charge in [0.15, 0.2) is 0 Å². The van der Waals surface area contributed by atoms with Crippen LogP contribution in [0.5, 0.6) is 0 Å². The smallest absolute Gasteiger partial charge is 0.227 e. The van der Waals surface area contributed by atoms with Crippen molar-refractivity contribution < 1.29 is 9.18 Å². The Bertz CT molecular complexity index is 796. The van der Waals surface area contributed by atoms with Crippen LogP contribution in [0.2, 0.25) is 0 Å². The molecule has 24 heavy (non-hydrogen) atoms. The van der Waals surface area contributed by atoms with E-state index in [1.165, 1.54) is 12.1 Å². The Labute approximate surface area is 141 Å². The van der Waals surface area contributed by atoms with E-state index in [1.807, 2.05) is 13.1 Å². The van der Waals surface area contributed by atoms with Crippen LogP contribution in [0.4, 0.5) is 4.39 Å². The minimum Gasteiger partial charge on any atom is -0.332 e. The molecule has 0 saturated heterocycles. The molecule has 2 aromatic rings. The monoisotopic (exact) mass is 327 g/mol. The van der Waals surface area contributed by atoms with Gasteiger partial charge in [0.25, 0.3) is 0 Å². The lowest BCUT2D eigenvalue weighted by molar-refractivity contribution is -0.131. The Hall–Kier alpha value is -2.30. The lowest BCUT2D eigenvalue weighted by Crippen LogP contribution is -2.27. The van der Waals surface area contributed by atoms with Crippen LogP contribution in [-0.4, -0.2) is 20.8 Å². The van der Waals surface area contributed by atoms with Crippen molar-refractivity contribution in [1.82, 2.24) is 14.9 Å². The number of carbonyl (C=O) groups is 1. The lowest BCUT2D eigenvalue weighted by atomic mass is 9.95. The van der Waals surface area contributed by atoms with Crippen LogP contribution in [-0.2, 0) is 29.7 Å². The first kappa shape index (κ1) is 16.6. The first-order valence-electron chi connectivity index (χ1n) is 8.12. The maximum absolute atomic E-state index is 13.2. The summed E-state index contributed by atoms with van der Waals surface area (Å²) in [5.74, 6) is 0.548. The highest BCUT2D eigenvalue weighted by atomic mass is 19.1. The zero-order valence-electron chi connectivity index (χ0n) is 14.6. The molecule has 3 rings (SSSR count). The summed E-state index contributed by atoms with van der Waals surface area (Å²) < 4.78 is 13.2. The fourth-order valence-electron chi connectivity index (χ4n) is 2.82. The number of nitrogens with zero attached hydrogens (tertiary/aromatic N) is 3.